The molecule has 0 unspecified atom stereocenters. The van der Waals surface area contributed by atoms with E-state index in [0.29, 0.717) is 22.2 Å². The first-order chi connectivity index (χ1) is 25.1. The molecule has 0 saturated heterocycles. The molecule has 4 aromatic heterocycles. The molecule has 11 aromatic rings. The van der Waals surface area contributed by atoms with Crippen molar-refractivity contribution < 1.29 is 13.2 Å². The minimum absolute atomic E-state index is 0.0422. The van der Waals surface area contributed by atoms with Gasteiger partial charge in [-0.3, -0.25) is 0 Å². The molecule has 0 radical (unpaired) electrons. The van der Waals surface area contributed by atoms with Crippen LogP contribution in [0.2, 0.25) is 0 Å². The van der Waals surface area contributed by atoms with Crippen LogP contribution in [0.3, 0.4) is 0 Å². The van der Waals surface area contributed by atoms with Crippen LogP contribution in [0, 0.1) is 28.5 Å². The zero-order valence-corrected chi connectivity index (χ0v) is 26.6. The number of hydrogen-bond acceptors (Lipinski definition) is 4. The quantitative estimate of drug-likeness (QED) is 0.185. The highest BCUT2D eigenvalue weighted by Crippen LogP contribution is 2.43. The first-order valence-corrected chi connectivity index (χ1v) is 16.5. The lowest BCUT2D eigenvalue weighted by molar-refractivity contribution is 0.613. The maximum atomic E-state index is 18.0. The first-order valence-electron chi connectivity index (χ1n) is 16.5. The number of fused-ring (bicyclic) bond motifs is 12. The van der Waals surface area contributed by atoms with E-state index in [0.717, 1.165) is 65.3 Å². The van der Waals surface area contributed by atoms with Crippen molar-refractivity contribution in [2.45, 2.75) is 0 Å². The lowest BCUT2D eigenvalue weighted by atomic mass is 10.0. The summed E-state index contributed by atoms with van der Waals surface area (Å²) in [5, 5.41) is 28.6. The number of rotatable bonds is 2. The van der Waals surface area contributed by atoms with Gasteiger partial charge in [-0.15, -0.1) is 0 Å². The lowest BCUT2D eigenvalue weighted by Gasteiger charge is -2.17. The van der Waals surface area contributed by atoms with Gasteiger partial charge < -0.3 is 18.0 Å². The molecule has 236 valence electrons. The van der Waals surface area contributed by atoms with Gasteiger partial charge in [0.15, 0.2) is 5.82 Å². The van der Waals surface area contributed by atoms with Crippen LogP contribution < -0.4 is 0 Å². The van der Waals surface area contributed by atoms with Gasteiger partial charge in [-0.25, -0.2) is 4.39 Å². The van der Waals surface area contributed by atoms with Crippen molar-refractivity contribution in [2.24, 2.45) is 0 Å². The molecule has 6 nitrogen and oxygen atoms in total. The van der Waals surface area contributed by atoms with Crippen LogP contribution in [-0.4, -0.2) is 9.13 Å². The van der Waals surface area contributed by atoms with E-state index in [-0.39, 0.29) is 22.5 Å². The maximum Gasteiger partial charge on any atom is 0.173 e. The minimum Gasteiger partial charge on any atom is -0.456 e. The fourth-order valence-corrected chi connectivity index (χ4v) is 8.09. The largest absolute Gasteiger partial charge is 0.456 e. The number of para-hydroxylation sites is 4. The summed E-state index contributed by atoms with van der Waals surface area (Å²) < 4.78 is 34.1. The normalized spacial score (nSPS) is 12.0. The molecule has 0 aliphatic heterocycles. The van der Waals surface area contributed by atoms with Crippen molar-refractivity contribution in [1.82, 2.24) is 9.13 Å². The Kier molecular flexibility index (Phi) is 5.33. The molecule has 0 spiro atoms. The fourth-order valence-electron chi connectivity index (χ4n) is 8.09. The molecule has 0 amide bonds. The Morgan fingerprint density at radius 3 is 1.27 bits per heavy atom. The minimum atomic E-state index is -0.690. The monoisotopic (exact) mass is 656 g/mol. The Morgan fingerprint density at radius 1 is 0.412 bits per heavy atom. The SMILES string of the molecule is N#Cc1cc(C#N)c(-n2c3ccccc3c3cc4c(cc32)oc2ccccc24)c(F)c1-n1c2ccccc2c2cc3c(cc21)oc1ccccc13. The highest BCUT2D eigenvalue weighted by molar-refractivity contribution is 6.19. The molecular formula is C44H21FN4O2. The average Bonchev–Trinajstić information content (AvgIpc) is 3.90. The molecule has 0 bridgehead atoms. The predicted molar refractivity (Wildman–Crippen MR) is 199 cm³/mol. The number of hydrogen-bond donors (Lipinski definition) is 0. The number of furan rings is 2. The molecule has 11 rings (SSSR count). The van der Waals surface area contributed by atoms with E-state index in [1.54, 1.807) is 9.13 Å². The van der Waals surface area contributed by atoms with Crippen molar-refractivity contribution >= 4 is 87.5 Å². The smallest absolute Gasteiger partial charge is 0.173 e. The van der Waals surface area contributed by atoms with Gasteiger partial charge in [0, 0.05) is 55.2 Å². The van der Waals surface area contributed by atoms with Gasteiger partial charge in [0.25, 0.3) is 0 Å². The summed E-state index contributed by atoms with van der Waals surface area (Å²) in [5.74, 6) is -0.690. The van der Waals surface area contributed by atoms with Crippen LogP contribution in [0.1, 0.15) is 11.1 Å². The standard InChI is InChI=1S/C44H21FN4O2/c45-42-43(48-34-13-5-1-9-26(34)30-18-32-28-11-3-7-15-38(28)50-40(32)20-36(30)48)24(22-46)17-25(23-47)44(42)49-35-14-6-2-10-27(35)31-19-33-29-12-4-8-16-39(29)51-41(33)21-37(31)49/h1-21H. The summed E-state index contributed by atoms with van der Waals surface area (Å²) in [5.41, 5.74) is 5.82. The van der Waals surface area contributed by atoms with E-state index >= 15 is 4.39 Å². The van der Waals surface area contributed by atoms with Gasteiger partial charge in [0.1, 0.15) is 45.8 Å². The predicted octanol–water partition coefficient (Wildman–Crippen LogP) is 11.6. The third-order valence-electron chi connectivity index (χ3n) is 10.2. The van der Waals surface area contributed by atoms with Crippen LogP contribution in [-0.2, 0) is 0 Å². The van der Waals surface area contributed by atoms with Gasteiger partial charge in [0.05, 0.1) is 33.2 Å². The molecule has 4 heterocycles. The molecular weight excluding hydrogens is 636 g/mol. The second-order valence-electron chi connectivity index (χ2n) is 12.8. The molecule has 0 aliphatic carbocycles. The Balaban J connectivity index is 1.29. The van der Waals surface area contributed by atoms with E-state index in [4.69, 9.17) is 8.83 Å². The highest BCUT2D eigenvalue weighted by atomic mass is 19.1. The molecule has 0 fully saturated rings. The van der Waals surface area contributed by atoms with Crippen LogP contribution >= 0.6 is 0 Å². The zero-order chi connectivity index (χ0) is 34.0. The number of nitrogens with zero attached hydrogens (tertiary/aromatic N) is 4. The third-order valence-corrected chi connectivity index (χ3v) is 10.2. The Labute approximate surface area is 287 Å². The van der Waals surface area contributed by atoms with E-state index < -0.39 is 5.82 Å². The van der Waals surface area contributed by atoms with Crippen molar-refractivity contribution in [1.29, 1.82) is 10.5 Å². The third kappa shape index (κ3) is 3.56. The Hall–Kier alpha value is -7.35. The van der Waals surface area contributed by atoms with Crippen molar-refractivity contribution in [3.63, 3.8) is 0 Å². The van der Waals surface area contributed by atoms with E-state index in [1.807, 2.05) is 109 Å². The fraction of sp³-hybridized carbons (Fsp3) is 0. The molecule has 0 saturated carbocycles. The van der Waals surface area contributed by atoms with Crippen molar-refractivity contribution in [3.05, 3.63) is 144 Å². The average molecular weight is 657 g/mol. The van der Waals surface area contributed by atoms with Crippen LogP contribution in [0.5, 0.6) is 0 Å². The summed E-state index contributed by atoms with van der Waals surface area (Å²) in [6.07, 6.45) is 0. The molecule has 51 heavy (non-hydrogen) atoms. The van der Waals surface area contributed by atoms with E-state index in [9.17, 15) is 10.5 Å². The van der Waals surface area contributed by atoms with Gasteiger partial charge in [-0.2, -0.15) is 10.5 Å². The van der Waals surface area contributed by atoms with Crippen molar-refractivity contribution in [2.75, 3.05) is 0 Å². The van der Waals surface area contributed by atoms with Gasteiger partial charge in [0.2, 0.25) is 0 Å². The number of aromatic nitrogens is 2. The van der Waals surface area contributed by atoms with Crippen LogP contribution in [0.4, 0.5) is 4.39 Å². The molecule has 0 aliphatic rings. The van der Waals surface area contributed by atoms with E-state index in [2.05, 4.69) is 24.3 Å². The summed E-state index contributed by atoms with van der Waals surface area (Å²) in [4.78, 5) is 0. The number of halogens is 1. The van der Waals surface area contributed by atoms with Gasteiger partial charge in [-0.05, 0) is 42.5 Å². The summed E-state index contributed by atoms with van der Waals surface area (Å²) >= 11 is 0. The second kappa shape index (κ2) is 9.85. The maximum absolute atomic E-state index is 18.0. The summed E-state index contributed by atoms with van der Waals surface area (Å²) in [7, 11) is 0. The summed E-state index contributed by atoms with van der Waals surface area (Å²) in [6.45, 7) is 0. The lowest BCUT2D eigenvalue weighted by Crippen LogP contribution is -2.09. The van der Waals surface area contributed by atoms with Gasteiger partial charge >= 0.3 is 0 Å². The van der Waals surface area contributed by atoms with Crippen LogP contribution in [0.25, 0.3) is 98.9 Å². The molecule has 0 atom stereocenters. The topological polar surface area (TPSA) is 83.7 Å². The highest BCUT2D eigenvalue weighted by Gasteiger charge is 2.27. The zero-order valence-electron chi connectivity index (χ0n) is 26.6. The second-order valence-corrected chi connectivity index (χ2v) is 12.8. The van der Waals surface area contributed by atoms with Crippen LogP contribution in [0.15, 0.2) is 136 Å². The van der Waals surface area contributed by atoms with Crippen molar-refractivity contribution in [3.8, 4) is 23.5 Å². The summed E-state index contributed by atoms with van der Waals surface area (Å²) in [6, 6.07) is 45.2. The van der Waals surface area contributed by atoms with E-state index in [1.165, 1.54) is 6.07 Å². The molecule has 0 N–H and O–H groups in total. The molecule has 7 aromatic carbocycles. The molecule has 7 heteroatoms. The van der Waals surface area contributed by atoms with Gasteiger partial charge in [-0.1, -0.05) is 72.8 Å². The first kappa shape index (κ1) is 27.6. The number of benzene rings is 7. The Morgan fingerprint density at radius 2 is 0.824 bits per heavy atom. The Bertz CT molecular complexity index is 3190. The number of nitriles is 2.